The standard InChI is InChI=1S/C13H16N2O3S2/c1-10-4-3-5-12(14-10)7-15(2)20(17,18)13-6-11(8-16)9-19-13/h3-6,9,16H,7-8H2,1-2H3. The predicted octanol–water partition coefficient (Wildman–Crippen LogP) is 1.76. The van der Waals surface area contributed by atoms with E-state index < -0.39 is 10.0 Å². The summed E-state index contributed by atoms with van der Waals surface area (Å²) in [5, 5.41) is 10.7. The monoisotopic (exact) mass is 312 g/mol. The van der Waals surface area contributed by atoms with E-state index in [1.54, 1.807) is 11.4 Å². The quantitative estimate of drug-likeness (QED) is 0.913. The zero-order chi connectivity index (χ0) is 14.8. The number of pyridine rings is 1. The maximum absolute atomic E-state index is 12.4. The van der Waals surface area contributed by atoms with Gasteiger partial charge in [-0.25, -0.2) is 8.42 Å². The molecule has 0 fully saturated rings. The van der Waals surface area contributed by atoms with Crippen molar-refractivity contribution in [2.75, 3.05) is 7.05 Å². The van der Waals surface area contributed by atoms with E-state index in [0.29, 0.717) is 11.3 Å². The van der Waals surface area contributed by atoms with Crippen LogP contribution in [0.1, 0.15) is 17.0 Å². The van der Waals surface area contributed by atoms with Crippen molar-refractivity contribution >= 4 is 21.4 Å². The highest BCUT2D eigenvalue weighted by atomic mass is 32.2. The van der Waals surface area contributed by atoms with E-state index in [0.717, 1.165) is 17.0 Å². The van der Waals surface area contributed by atoms with E-state index in [1.165, 1.54) is 17.4 Å². The smallest absolute Gasteiger partial charge is 0.252 e. The van der Waals surface area contributed by atoms with E-state index in [2.05, 4.69) is 4.98 Å². The molecule has 20 heavy (non-hydrogen) atoms. The molecule has 7 heteroatoms. The first-order valence-corrected chi connectivity index (χ1v) is 8.32. The predicted molar refractivity (Wildman–Crippen MR) is 77.9 cm³/mol. The third-order valence-electron chi connectivity index (χ3n) is 2.81. The van der Waals surface area contributed by atoms with Gasteiger partial charge in [0, 0.05) is 12.7 Å². The van der Waals surface area contributed by atoms with Crippen molar-refractivity contribution in [2.24, 2.45) is 0 Å². The van der Waals surface area contributed by atoms with Crippen LogP contribution in [0.3, 0.4) is 0 Å². The zero-order valence-corrected chi connectivity index (χ0v) is 12.9. The minimum atomic E-state index is -3.54. The molecule has 2 aromatic rings. The fraction of sp³-hybridized carbons (Fsp3) is 0.308. The van der Waals surface area contributed by atoms with Crippen molar-refractivity contribution in [3.63, 3.8) is 0 Å². The van der Waals surface area contributed by atoms with Gasteiger partial charge in [0.05, 0.1) is 18.8 Å². The fourth-order valence-electron chi connectivity index (χ4n) is 1.73. The Balaban J connectivity index is 2.21. The topological polar surface area (TPSA) is 70.5 Å². The second-order valence-electron chi connectivity index (χ2n) is 4.46. The molecule has 0 saturated carbocycles. The molecule has 0 saturated heterocycles. The molecule has 2 rings (SSSR count). The van der Waals surface area contributed by atoms with Crippen LogP contribution in [-0.4, -0.2) is 29.9 Å². The van der Waals surface area contributed by atoms with Gasteiger partial charge in [-0.1, -0.05) is 6.07 Å². The molecule has 0 atom stereocenters. The maximum Gasteiger partial charge on any atom is 0.252 e. The third-order valence-corrected chi connectivity index (χ3v) is 6.07. The van der Waals surface area contributed by atoms with Gasteiger partial charge in [0.25, 0.3) is 10.0 Å². The van der Waals surface area contributed by atoms with E-state index in [1.807, 2.05) is 19.1 Å². The van der Waals surface area contributed by atoms with Crippen molar-refractivity contribution in [3.05, 3.63) is 46.6 Å². The van der Waals surface area contributed by atoms with Crippen LogP contribution in [0.5, 0.6) is 0 Å². The molecule has 0 aliphatic rings. The van der Waals surface area contributed by atoms with Crippen LogP contribution in [0.15, 0.2) is 33.9 Å². The van der Waals surface area contributed by atoms with Gasteiger partial charge in [-0.15, -0.1) is 11.3 Å². The highest BCUT2D eigenvalue weighted by Crippen LogP contribution is 2.24. The molecule has 0 amide bonds. The average molecular weight is 312 g/mol. The molecule has 0 aromatic carbocycles. The molecular weight excluding hydrogens is 296 g/mol. The number of aromatic nitrogens is 1. The number of hydrogen-bond acceptors (Lipinski definition) is 5. The van der Waals surface area contributed by atoms with Crippen LogP contribution in [0.2, 0.25) is 0 Å². The first-order valence-electron chi connectivity index (χ1n) is 6.00. The molecule has 0 radical (unpaired) electrons. The molecule has 108 valence electrons. The van der Waals surface area contributed by atoms with Crippen molar-refractivity contribution in [2.45, 2.75) is 24.3 Å². The van der Waals surface area contributed by atoms with Gasteiger partial charge < -0.3 is 5.11 Å². The second-order valence-corrected chi connectivity index (χ2v) is 7.65. The normalized spacial score (nSPS) is 12.0. The van der Waals surface area contributed by atoms with Crippen LogP contribution in [-0.2, 0) is 23.2 Å². The van der Waals surface area contributed by atoms with E-state index in [9.17, 15) is 8.42 Å². The molecule has 0 spiro atoms. The minimum Gasteiger partial charge on any atom is -0.392 e. The summed E-state index contributed by atoms with van der Waals surface area (Å²) < 4.78 is 26.3. The summed E-state index contributed by atoms with van der Waals surface area (Å²) in [6, 6.07) is 7.02. The fourth-order valence-corrected chi connectivity index (χ4v) is 4.28. The van der Waals surface area contributed by atoms with Gasteiger partial charge in [0.1, 0.15) is 4.21 Å². The Bertz CT molecular complexity index is 695. The second kappa shape index (κ2) is 6.01. The van der Waals surface area contributed by atoms with Gasteiger partial charge >= 0.3 is 0 Å². The number of rotatable bonds is 5. The average Bonchev–Trinajstić information content (AvgIpc) is 2.88. The Kier molecular flexibility index (Phi) is 4.54. The summed E-state index contributed by atoms with van der Waals surface area (Å²) in [6.07, 6.45) is 0. The molecule has 0 bridgehead atoms. The van der Waals surface area contributed by atoms with E-state index >= 15 is 0 Å². The van der Waals surface area contributed by atoms with Crippen LogP contribution in [0.4, 0.5) is 0 Å². The van der Waals surface area contributed by atoms with Crippen LogP contribution in [0.25, 0.3) is 0 Å². The Morgan fingerprint density at radius 1 is 1.40 bits per heavy atom. The van der Waals surface area contributed by atoms with E-state index in [-0.39, 0.29) is 17.4 Å². The summed E-state index contributed by atoms with van der Waals surface area (Å²) in [5.41, 5.74) is 2.16. The minimum absolute atomic E-state index is 0.158. The summed E-state index contributed by atoms with van der Waals surface area (Å²) in [7, 11) is -2.01. The molecule has 5 nitrogen and oxygen atoms in total. The van der Waals surface area contributed by atoms with Gasteiger partial charge in [-0.3, -0.25) is 4.98 Å². The van der Waals surface area contributed by atoms with Crippen LogP contribution in [0, 0.1) is 6.92 Å². The Hall–Kier alpha value is -1.28. The van der Waals surface area contributed by atoms with Gasteiger partial charge in [-0.2, -0.15) is 4.31 Å². The lowest BCUT2D eigenvalue weighted by Gasteiger charge is -2.15. The molecule has 0 unspecified atom stereocenters. The van der Waals surface area contributed by atoms with Crippen molar-refractivity contribution < 1.29 is 13.5 Å². The van der Waals surface area contributed by atoms with E-state index in [4.69, 9.17) is 5.11 Å². The van der Waals surface area contributed by atoms with Crippen molar-refractivity contribution in [1.82, 2.24) is 9.29 Å². The molecular formula is C13H16N2O3S2. The van der Waals surface area contributed by atoms with Crippen LogP contribution >= 0.6 is 11.3 Å². The van der Waals surface area contributed by atoms with Gasteiger partial charge in [0.15, 0.2) is 0 Å². The number of nitrogens with zero attached hydrogens (tertiary/aromatic N) is 2. The Morgan fingerprint density at radius 3 is 2.75 bits per heavy atom. The van der Waals surface area contributed by atoms with Crippen molar-refractivity contribution in [3.8, 4) is 0 Å². The number of aliphatic hydroxyl groups excluding tert-OH is 1. The van der Waals surface area contributed by atoms with Crippen LogP contribution < -0.4 is 0 Å². The summed E-state index contributed by atoms with van der Waals surface area (Å²) >= 11 is 1.11. The lowest BCUT2D eigenvalue weighted by molar-refractivity contribution is 0.282. The molecule has 0 aliphatic carbocycles. The number of thiophene rings is 1. The first-order chi connectivity index (χ1) is 9.43. The molecule has 1 N–H and O–H groups in total. The molecule has 2 aromatic heterocycles. The number of aryl methyl sites for hydroxylation is 1. The zero-order valence-electron chi connectivity index (χ0n) is 11.3. The number of aliphatic hydroxyl groups is 1. The molecule has 2 heterocycles. The SMILES string of the molecule is Cc1cccc(CN(C)S(=O)(=O)c2cc(CO)cs2)n1. The van der Waals surface area contributed by atoms with Gasteiger partial charge in [-0.05, 0) is 36.1 Å². The molecule has 0 aliphatic heterocycles. The van der Waals surface area contributed by atoms with Crippen molar-refractivity contribution in [1.29, 1.82) is 0 Å². The highest BCUT2D eigenvalue weighted by molar-refractivity contribution is 7.91. The lowest BCUT2D eigenvalue weighted by atomic mass is 10.3. The first kappa shape index (κ1) is 15.1. The number of hydrogen-bond donors (Lipinski definition) is 1. The third kappa shape index (κ3) is 3.24. The highest BCUT2D eigenvalue weighted by Gasteiger charge is 2.23. The lowest BCUT2D eigenvalue weighted by Crippen LogP contribution is -2.26. The number of sulfonamides is 1. The Morgan fingerprint density at radius 2 is 2.15 bits per heavy atom. The van der Waals surface area contributed by atoms with Gasteiger partial charge in [0.2, 0.25) is 0 Å². The Labute approximate surface area is 122 Å². The summed E-state index contributed by atoms with van der Waals surface area (Å²) in [4.78, 5) is 4.30. The largest absolute Gasteiger partial charge is 0.392 e. The summed E-state index contributed by atoms with van der Waals surface area (Å²) in [5.74, 6) is 0. The summed E-state index contributed by atoms with van der Waals surface area (Å²) in [6.45, 7) is 1.93. The maximum atomic E-state index is 12.4.